The van der Waals surface area contributed by atoms with Crippen LogP contribution in [0.15, 0.2) is 16.5 Å². The molecule has 0 spiro atoms. The van der Waals surface area contributed by atoms with Crippen LogP contribution in [0, 0.1) is 5.92 Å². The Kier molecular flexibility index (Phi) is 4.79. The van der Waals surface area contributed by atoms with Crippen LogP contribution in [-0.4, -0.2) is 36.5 Å². The molecule has 1 aromatic heterocycles. The summed E-state index contributed by atoms with van der Waals surface area (Å²) in [5.74, 6) is 0.185. The number of likely N-dealkylation sites (tertiary alicyclic amines) is 1. The van der Waals surface area contributed by atoms with Crippen molar-refractivity contribution in [3.8, 4) is 0 Å². The predicted molar refractivity (Wildman–Crippen MR) is 71.9 cm³/mol. The highest BCUT2D eigenvalue weighted by molar-refractivity contribution is 5.92. The first kappa shape index (κ1) is 14.6. The van der Waals surface area contributed by atoms with Gasteiger partial charge < -0.3 is 19.8 Å². The summed E-state index contributed by atoms with van der Waals surface area (Å²) in [4.78, 5) is 25.7. The lowest BCUT2D eigenvalue weighted by atomic mass is 9.98. The molecule has 1 aromatic rings. The van der Waals surface area contributed by atoms with Gasteiger partial charge in [-0.3, -0.25) is 9.59 Å². The SMILES string of the molecule is CCOC(=O)C1CCCN(C(=O)c2ccc(CN)o2)C1. The van der Waals surface area contributed by atoms with Crippen molar-refractivity contribution in [1.29, 1.82) is 0 Å². The van der Waals surface area contributed by atoms with Gasteiger partial charge in [-0.05, 0) is 31.9 Å². The van der Waals surface area contributed by atoms with Gasteiger partial charge in [-0.1, -0.05) is 0 Å². The number of carbonyl (C=O) groups excluding carboxylic acids is 2. The van der Waals surface area contributed by atoms with E-state index in [0.29, 0.717) is 25.5 Å². The lowest BCUT2D eigenvalue weighted by Crippen LogP contribution is -2.42. The van der Waals surface area contributed by atoms with Crippen molar-refractivity contribution >= 4 is 11.9 Å². The molecule has 1 saturated heterocycles. The van der Waals surface area contributed by atoms with E-state index < -0.39 is 0 Å². The summed E-state index contributed by atoms with van der Waals surface area (Å²) in [6.07, 6.45) is 1.55. The highest BCUT2D eigenvalue weighted by Crippen LogP contribution is 2.20. The molecule has 110 valence electrons. The van der Waals surface area contributed by atoms with Gasteiger partial charge in [0.2, 0.25) is 0 Å². The maximum Gasteiger partial charge on any atom is 0.310 e. The molecule has 1 aliphatic heterocycles. The van der Waals surface area contributed by atoms with E-state index in [1.807, 2.05) is 0 Å². The number of nitrogens with zero attached hydrogens (tertiary/aromatic N) is 1. The molecule has 6 nitrogen and oxygen atoms in total. The maximum absolute atomic E-state index is 12.3. The Balaban J connectivity index is 2.01. The van der Waals surface area contributed by atoms with E-state index in [9.17, 15) is 9.59 Å². The molecule has 20 heavy (non-hydrogen) atoms. The van der Waals surface area contributed by atoms with Gasteiger partial charge in [0.05, 0.1) is 19.1 Å². The first-order valence-electron chi connectivity index (χ1n) is 6.90. The minimum atomic E-state index is -0.239. The molecule has 1 atom stereocenters. The fraction of sp³-hybridized carbons (Fsp3) is 0.571. The van der Waals surface area contributed by atoms with Crippen LogP contribution in [-0.2, 0) is 16.1 Å². The monoisotopic (exact) mass is 280 g/mol. The fourth-order valence-corrected chi connectivity index (χ4v) is 2.37. The molecule has 2 rings (SSSR count). The summed E-state index contributed by atoms with van der Waals surface area (Å²) in [6.45, 7) is 3.42. The van der Waals surface area contributed by atoms with Gasteiger partial charge in [-0.2, -0.15) is 0 Å². The third-order valence-electron chi connectivity index (χ3n) is 3.40. The zero-order chi connectivity index (χ0) is 14.5. The molecule has 0 radical (unpaired) electrons. The number of hydrogen-bond acceptors (Lipinski definition) is 5. The van der Waals surface area contributed by atoms with E-state index in [2.05, 4.69) is 0 Å². The number of hydrogen-bond donors (Lipinski definition) is 1. The number of ether oxygens (including phenoxy) is 1. The average Bonchev–Trinajstić information content (AvgIpc) is 2.96. The van der Waals surface area contributed by atoms with Gasteiger partial charge in [-0.15, -0.1) is 0 Å². The van der Waals surface area contributed by atoms with Gasteiger partial charge in [0.15, 0.2) is 5.76 Å². The topological polar surface area (TPSA) is 85.8 Å². The molecule has 1 fully saturated rings. The largest absolute Gasteiger partial charge is 0.466 e. The number of amides is 1. The van der Waals surface area contributed by atoms with Crippen LogP contribution in [0.4, 0.5) is 0 Å². The summed E-state index contributed by atoms with van der Waals surface area (Å²) >= 11 is 0. The Morgan fingerprint density at radius 3 is 2.95 bits per heavy atom. The lowest BCUT2D eigenvalue weighted by Gasteiger charge is -2.30. The normalized spacial score (nSPS) is 18.9. The number of rotatable bonds is 4. The molecule has 2 N–H and O–H groups in total. The molecular formula is C14H20N2O4. The van der Waals surface area contributed by atoms with E-state index in [1.54, 1.807) is 24.0 Å². The molecule has 1 amide bonds. The third kappa shape index (κ3) is 3.19. The molecule has 6 heteroatoms. The Hall–Kier alpha value is -1.82. The van der Waals surface area contributed by atoms with E-state index in [-0.39, 0.29) is 30.1 Å². The molecule has 1 aliphatic rings. The summed E-state index contributed by atoms with van der Waals surface area (Å²) in [5.41, 5.74) is 5.46. The number of esters is 1. The summed E-state index contributed by atoms with van der Waals surface area (Å²) in [6, 6.07) is 3.32. The minimum absolute atomic E-state index is 0.196. The van der Waals surface area contributed by atoms with E-state index in [4.69, 9.17) is 14.9 Å². The molecule has 2 heterocycles. The van der Waals surface area contributed by atoms with E-state index in [1.165, 1.54) is 0 Å². The van der Waals surface area contributed by atoms with Gasteiger partial charge in [0.1, 0.15) is 5.76 Å². The fourth-order valence-electron chi connectivity index (χ4n) is 2.37. The first-order valence-corrected chi connectivity index (χ1v) is 6.90. The summed E-state index contributed by atoms with van der Waals surface area (Å²) < 4.78 is 10.4. The Bertz CT molecular complexity index is 483. The van der Waals surface area contributed by atoms with Crippen LogP contribution in [0.5, 0.6) is 0 Å². The molecule has 1 unspecified atom stereocenters. The van der Waals surface area contributed by atoms with Crippen LogP contribution in [0.1, 0.15) is 36.1 Å². The summed E-state index contributed by atoms with van der Waals surface area (Å²) in [7, 11) is 0. The van der Waals surface area contributed by atoms with Crippen molar-refractivity contribution in [1.82, 2.24) is 4.90 Å². The minimum Gasteiger partial charge on any atom is -0.466 e. The number of furan rings is 1. The Labute approximate surface area is 117 Å². The van der Waals surface area contributed by atoms with Crippen LogP contribution in [0.25, 0.3) is 0 Å². The highest BCUT2D eigenvalue weighted by atomic mass is 16.5. The Morgan fingerprint density at radius 1 is 1.50 bits per heavy atom. The molecular weight excluding hydrogens is 260 g/mol. The highest BCUT2D eigenvalue weighted by Gasteiger charge is 2.30. The van der Waals surface area contributed by atoms with Crippen LogP contribution in [0.2, 0.25) is 0 Å². The van der Waals surface area contributed by atoms with Crippen molar-refractivity contribution in [2.75, 3.05) is 19.7 Å². The second-order valence-corrected chi connectivity index (χ2v) is 4.81. The van der Waals surface area contributed by atoms with Gasteiger partial charge in [0.25, 0.3) is 5.91 Å². The van der Waals surface area contributed by atoms with Crippen molar-refractivity contribution in [2.45, 2.75) is 26.3 Å². The number of nitrogens with two attached hydrogens (primary N) is 1. The smallest absolute Gasteiger partial charge is 0.310 e. The Morgan fingerprint density at radius 2 is 2.30 bits per heavy atom. The van der Waals surface area contributed by atoms with E-state index >= 15 is 0 Å². The zero-order valence-corrected chi connectivity index (χ0v) is 11.6. The van der Waals surface area contributed by atoms with Crippen molar-refractivity contribution in [2.24, 2.45) is 11.7 Å². The van der Waals surface area contributed by atoms with Crippen LogP contribution >= 0.6 is 0 Å². The second kappa shape index (κ2) is 6.56. The maximum atomic E-state index is 12.3. The van der Waals surface area contributed by atoms with Crippen molar-refractivity contribution < 1.29 is 18.7 Å². The third-order valence-corrected chi connectivity index (χ3v) is 3.40. The predicted octanol–water partition coefficient (Wildman–Crippen LogP) is 1.15. The average molecular weight is 280 g/mol. The van der Waals surface area contributed by atoms with Gasteiger partial charge >= 0.3 is 5.97 Å². The zero-order valence-electron chi connectivity index (χ0n) is 11.6. The number of piperidine rings is 1. The standard InChI is InChI=1S/C14H20N2O4/c1-2-19-14(18)10-4-3-7-16(9-10)13(17)12-6-5-11(8-15)20-12/h5-6,10H,2-4,7-9,15H2,1H3. The first-order chi connectivity index (χ1) is 9.65. The summed E-state index contributed by atoms with van der Waals surface area (Å²) in [5, 5.41) is 0. The van der Waals surface area contributed by atoms with E-state index in [0.717, 1.165) is 12.8 Å². The quantitative estimate of drug-likeness (QED) is 0.836. The van der Waals surface area contributed by atoms with Gasteiger partial charge in [-0.25, -0.2) is 0 Å². The second-order valence-electron chi connectivity index (χ2n) is 4.81. The lowest BCUT2D eigenvalue weighted by molar-refractivity contribution is -0.149. The van der Waals surface area contributed by atoms with Crippen LogP contribution < -0.4 is 5.73 Å². The van der Waals surface area contributed by atoms with Gasteiger partial charge in [0, 0.05) is 13.1 Å². The van der Waals surface area contributed by atoms with Crippen LogP contribution in [0.3, 0.4) is 0 Å². The molecule has 0 aliphatic carbocycles. The van der Waals surface area contributed by atoms with Crippen molar-refractivity contribution in [3.05, 3.63) is 23.7 Å². The molecule has 0 aromatic carbocycles. The van der Waals surface area contributed by atoms with Crippen molar-refractivity contribution in [3.63, 3.8) is 0 Å². The number of carbonyl (C=O) groups is 2. The molecule has 0 saturated carbocycles. The molecule has 0 bridgehead atoms.